The van der Waals surface area contributed by atoms with Crippen LogP contribution >= 0.6 is 0 Å². The first-order chi connectivity index (χ1) is 5.24. The molecule has 1 unspecified atom stereocenters. The molecule has 1 aromatic heterocycles. The molecule has 1 N–H and O–H groups in total. The normalized spacial score (nSPS) is 13.4. The highest BCUT2D eigenvalue weighted by molar-refractivity contribution is 4.84. The molecule has 1 aromatic rings. The van der Waals surface area contributed by atoms with Crippen molar-refractivity contribution in [3.8, 4) is 0 Å². The van der Waals surface area contributed by atoms with Crippen LogP contribution in [0, 0.1) is 5.92 Å². The largest absolute Gasteiger partial charge is 0.396 e. The van der Waals surface area contributed by atoms with E-state index in [9.17, 15) is 0 Å². The molecule has 1 heterocycles. The van der Waals surface area contributed by atoms with Crippen LogP contribution in [0.4, 0.5) is 0 Å². The molecule has 1 rings (SSSR count). The number of hydrogen-bond donors (Lipinski definition) is 1. The Kier molecular flexibility index (Phi) is 2.59. The summed E-state index contributed by atoms with van der Waals surface area (Å²) < 4.78 is 1.73. The first-order valence-corrected chi connectivity index (χ1v) is 3.67. The summed E-state index contributed by atoms with van der Waals surface area (Å²) >= 11 is 0. The fourth-order valence-corrected chi connectivity index (χ4v) is 0.881. The second-order valence-corrected chi connectivity index (χ2v) is 2.79. The van der Waals surface area contributed by atoms with Crippen molar-refractivity contribution >= 4 is 0 Å². The molecule has 0 saturated carbocycles. The van der Waals surface area contributed by atoms with E-state index in [4.69, 9.17) is 5.11 Å². The molecule has 1 atom stereocenters. The summed E-state index contributed by atoms with van der Waals surface area (Å²) in [6.07, 6.45) is 2.31. The van der Waals surface area contributed by atoms with E-state index in [1.807, 2.05) is 14.0 Å². The molecule has 4 heteroatoms. The highest BCUT2D eigenvalue weighted by atomic mass is 16.3. The van der Waals surface area contributed by atoms with Gasteiger partial charge in [-0.1, -0.05) is 6.92 Å². The molecule has 0 aliphatic carbocycles. The van der Waals surface area contributed by atoms with Crippen LogP contribution in [0.2, 0.25) is 0 Å². The van der Waals surface area contributed by atoms with Gasteiger partial charge in [-0.05, 0) is 5.92 Å². The molecule has 0 radical (unpaired) electrons. The van der Waals surface area contributed by atoms with E-state index in [0.717, 1.165) is 12.2 Å². The minimum absolute atomic E-state index is 0.201. The summed E-state index contributed by atoms with van der Waals surface area (Å²) in [4.78, 5) is 4.04. The van der Waals surface area contributed by atoms with E-state index >= 15 is 0 Å². The third-order valence-corrected chi connectivity index (χ3v) is 1.65. The summed E-state index contributed by atoms with van der Waals surface area (Å²) in [7, 11) is 1.85. The lowest BCUT2D eigenvalue weighted by molar-refractivity contribution is 0.234. The fraction of sp³-hybridized carbons (Fsp3) is 0.714. The Labute approximate surface area is 65.9 Å². The van der Waals surface area contributed by atoms with Crippen molar-refractivity contribution in [1.29, 1.82) is 0 Å². The van der Waals surface area contributed by atoms with Crippen molar-refractivity contribution in [3.05, 3.63) is 12.2 Å². The summed E-state index contributed by atoms with van der Waals surface area (Å²) in [6.45, 7) is 2.18. The molecule has 4 nitrogen and oxygen atoms in total. The highest BCUT2D eigenvalue weighted by Gasteiger charge is 2.05. The molecule has 0 aliphatic heterocycles. The first kappa shape index (κ1) is 8.20. The predicted octanol–water partition coefficient (Wildman–Crippen LogP) is -0.0140. The van der Waals surface area contributed by atoms with Crippen molar-refractivity contribution in [2.75, 3.05) is 6.61 Å². The third kappa shape index (κ3) is 2.01. The lowest BCUT2D eigenvalue weighted by Crippen LogP contribution is -2.09. The molecule has 0 fully saturated rings. The maximum atomic E-state index is 8.77. The van der Waals surface area contributed by atoms with E-state index in [1.165, 1.54) is 6.33 Å². The molecule has 0 amide bonds. The van der Waals surface area contributed by atoms with Crippen LogP contribution in [0.3, 0.4) is 0 Å². The number of hydrogen-bond acceptors (Lipinski definition) is 3. The van der Waals surface area contributed by atoms with Crippen LogP contribution in [0.5, 0.6) is 0 Å². The van der Waals surface area contributed by atoms with Crippen molar-refractivity contribution in [3.63, 3.8) is 0 Å². The number of nitrogens with zero attached hydrogens (tertiary/aromatic N) is 3. The molecule has 0 aromatic carbocycles. The number of aryl methyl sites for hydroxylation is 1. The van der Waals surface area contributed by atoms with Crippen LogP contribution in [0.1, 0.15) is 12.7 Å². The van der Waals surface area contributed by atoms with Crippen molar-refractivity contribution < 1.29 is 5.11 Å². The fourth-order valence-electron chi connectivity index (χ4n) is 0.881. The Balaban J connectivity index is 2.56. The Bertz CT molecular complexity index is 221. The van der Waals surface area contributed by atoms with E-state index in [1.54, 1.807) is 4.68 Å². The zero-order valence-electron chi connectivity index (χ0n) is 6.86. The minimum atomic E-state index is 0.201. The van der Waals surface area contributed by atoms with Gasteiger partial charge in [0.15, 0.2) is 0 Å². The lowest BCUT2D eigenvalue weighted by atomic mass is 10.1. The zero-order chi connectivity index (χ0) is 8.27. The van der Waals surface area contributed by atoms with E-state index in [0.29, 0.717) is 0 Å². The predicted molar refractivity (Wildman–Crippen MR) is 41.0 cm³/mol. The molecule has 0 saturated heterocycles. The second-order valence-electron chi connectivity index (χ2n) is 2.79. The minimum Gasteiger partial charge on any atom is -0.396 e. The Morgan fingerprint density at radius 3 is 2.91 bits per heavy atom. The quantitative estimate of drug-likeness (QED) is 0.667. The zero-order valence-corrected chi connectivity index (χ0v) is 6.86. The van der Waals surface area contributed by atoms with Gasteiger partial charge in [-0.25, -0.2) is 4.98 Å². The van der Waals surface area contributed by atoms with Gasteiger partial charge in [-0.2, -0.15) is 5.10 Å². The van der Waals surface area contributed by atoms with Gasteiger partial charge in [0.25, 0.3) is 0 Å². The topological polar surface area (TPSA) is 50.9 Å². The molecule has 11 heavy (non-hydrogen) atoms. The highest BCUT2D eigenvalue weighted by Crippen LogP contribution is 2.02. The molecule has 0 spiro atoms. The maximum absolute atomic E-state index is 8.77. The van der Waals surface area contributed by atoms with Crippen LogP contribution in [-0.4, -0.2) is 26.5 Å². The van der Waals surface area contributed by atoms with E-state index in [-0.39, 0.29) is 12.5 Å². The van der Waals surface area contributed by atoms with Gasteiger partial charge in [0, 0.05) is 20.1 Å². The smallest absolute Gasteiger partial charge is 0.138 e. The van der Waals surface area contributed by atoms with Gasteiger partial charge in [-0.15, -0.1) is 0 Å². The number of aliphatic hydroxyl groups is 1. The number of aromatic nitrogens is 3. The lowest BCUT2D eigenvalue weighted by Gasteiger charge is -2.05. The average Bonchev–Trinajstić information content (AvgIpc) is 2.37. The van der Waals surface area contributed by atoms with Gasteiger partial charge in [0.05, 0.1) is 0 Å². The molecular weight excluding hydrogens is 142 g/mol. The summed E-state index contributed by atoms with van der Waals surface area (Å²) in [5, 5.41) is 12.7. The van der Waals surface area contributed by atoms with Crippen molar-refractivity contribution in [2.45, 2.75) is 13.3 Å². The third-order valence-electron chi connectivity index (χ3n) is 1.65. The number of rotatable bonds is 3. The number of aliphatic hydroxyl groups excluding tert-OH is 1. The first-order valence-electron chi connectivity index (χ1n) is 3.67. The molecular formula is C7H13N3O. The monoisotopic (exact) mass is 155 g/mol. The summed E-state index contributed by atoms with van der Waals surface area (Å²) in [5.41, 5.74) is 0. The standard InChI is InChI=1S/C7H13N3O/c1-6(4-11)3-7-8-5-9-10(7)2/h5-6,11H,3-4H2,1-2H3. The van der Waals surface area contributed by atoms with Crippen molar-refractivity contribution in [1.82, 2.24) is 14.8 Å². The van der Waals surface area contributed by atoms with Crippen LogP contribution in [0.25, 0.3) is 0 Å². The summed E-state index contributed by atoms with van der Waals surface area (Å²) in [6, 6.07) is 0. The average molecular weight is 155 g/mol. The van der Waals surface area contributed by atoms with Crippen LogP contribution < -0.4 is 0 Å². The molecule has 0 bridgehead atoms. The van der Waals surface area contributed by atoms with Crippen molar-refractivity contribution in [2.24, 2.45) is 13.0 Å². The van der Waals surface area contributed by atoms with Gasteiger partial charge in [-0.3, -0.25) is 4.68 Å². The van der Waals surface area contributed by atoms with E-state index in [2.05, 4.69) is 10.1 Å². The maximum Gasteiger partial charge on any atom is 0.138 e. The summed E-state index contributed by atoms with van der Waals surface area (Å²) in [5.74, 6) is 1.18. The molecule has 62 valence electrons. The van der Waals surface area contributed by atoms with Crippen LogP contribution in [-0.2, 0) is 13.5 Å². The van der Waals surface area contributed by atoms with Gasteiger partial charge in [0.1, 0.15) is 12.2 Å². The Morgan fingerprint density at radius 2 is 2.45 bits per heavy atom. The van der Waals surface area contributed by atoms with Crippen LogP contribution in [0.15, 0.2) is 6.33 Å². The Hall–Kier alpha value is -0.900. The Morgan fingerprint density at radius 1 is 1.73 bits per heavy atom. The SMILES string of the molecule is CC(CO)Cc1ncnn1C. The van der Waals surface area contributed by atoms with Gasteiger partial charge in [0.2, 0.25) is 0 Å². The second kappa shape index (κ2) is 3.48. The molecule has 0 aliphatic rings. The van der Waals surface area contributed by atoms with Gasteiger partial charge < -0.3 is 5.11 Å². The van der Waals surface area contributed by atoms with Gasteiger partial charge >= 0.3 is 0 Å². The van der Waals surface area contributed by atoms with E-state index < -0.39 is 0 Å².